The number of benzene rings is 1. The third-order valence-electron chi connectivity index (χ3n) is 2.08. The van der Waals surface area contributed by atoms with E-state index in [1.54, 1.807) is 0 Å². The van der Waals surface area contributed by atoms with Crippen molar-refractivity contribution < 1.29 is 9.53 Å². The fourth-order valence-electron chi connectivity index (χ4n) is 1.50. The zero-order chi connectivity index (χ0) is 12.9. The summed E-state index contributed by atoms with van der Waals surface area (Å²) in [5, 5.41) is 3.26. The minimum absolute atomic E-state index is 0.0623. The second-order valence-corrected chi connectivity index (χ2v) is 5.20. The third-order valence-corrected chi connectivity index (χ3v) is 2.08. The van der Waals surface area contributed by atoms with Crippen molar-refractivity contribution >= 4 is 11.7 Å². The number of esters is 1. The van der Waals surface area contributed by atoms with Gasteiger partial charge < -0.3 is 10.1 Å². The fraction of sp³-hybridized carbons (Fsp3) is 0.500. The molecule has 94 valence electrons. The molecule has 3 nitrogen and oxygen atoms in total. The first kappa shape index (κ1) is 13.6. The molecule has 0 heterocycles. The summed E-state index contributed by atoms with van der Waals surface area (Å²) < 4.78 is 5.27. The lowest BCUT2D eigenvalue weighted by Crippen LogP contribution is -2.28. The Kier molecular flexibility index (Phi) is 4.55. The van der Waals surface area contributed by atoms with Crippen molar-refractivity contribution in [3.63, 3.8) is 0 Å². The van der Waals surface area contributed by atoms with Gasteiger partial charge in [-0.2, -0.15) is 0 Å². The van der Waals surface area contributed by atoms with E-state index in [0.717, 1.165) is 5.69 Å². The molecule has 0 saturated heterocycles. The van der Waals surface area contributed by atoms with Gasteiger partial charge in [-0.05, 0) is 39.8 Å². The predicted molar refractivity (Wildman–Crippen MR) is 70.0 cm³/mol. The summed E-state index contributed by atoms with van der Waals surface area (Å²) in [6.45, 7) is 7.59. The van der Waals surface area contributed by atoms with E-state index in [9.17, 15) is 4.79 Å². The Morgan fingerprint density at radius 1 is 1.29 bits per heavy atom. The monoisotopic (exact) mass is 235 g/mol. The standard InChI is InChI=1S/C14H21NO2/c1-11(10-13(16)17-14(2,3)4)15-12-8-6-5-7-9-12/h5-9,11,15H,10H2,1-4H3/t11-/m1/s1. The maximum Gasteiger partial charge on any atom is 0.308 e. The molecule has 0 unspecified atom stereocenters. The van der Waals surface area contributed by atoms with Crippen molar-refractivity contribution in [2.45, 2.75) is 45.8 Å². The van der Waals surface area contributed by atoms with Crippen LogP contribution < -0.4 is 5.32 Å². The second-order valence-electron chi connectivity index (χ2n) is 5.20. The van der Waals surface area contributed by atoms with Gasteiger partial charge in [0.25, 0.3) is 0 Å². The zero-order valence-corrected chi connectivity index (χ0v) is 11.0. The largest absolute Gasteiger partial charge is 0.460 e. The molecule has 17 heavy (non-hydrogen) atoms. The smallest absolute Gasteiger partial charge is 0.308 e. The number of carbonyl (C=O) groups is 1. The maximum atomic E-state index is 11.6. The molecule has 0 aliphatic carbocycles. The lowest BCUT2D eigenvalue weighted by Gasteiger charge is -2.21. The lowest BCUT2D eigenvalue weighted by atomic mass is 10.2. The molecule has 1 aromatic carbocycles. The number of para-hydroxylation sites is 1. The van der Waals surface area contributed by atoms with Gasteiger partial charge in [0, 0.05) is 11.7 Å². The molecule has 0 saturated carbocycles. The molecule has 0 fully saturated rings. The van der Waals surface area contributed by atoms with Crippen LogP contribution in [0.5, 0.6) is 0 Å². The number of ether oxygens (including phenoxy) is 1. The normalized spacial score (nSPS) is 12.9. The molecule has 0 aromatic heterocycles. The van der Waals surface area contributed by atoms with Gasteiger partial charge in [-0.25, -0.2) is 0 Å². The zero-order valence-electron chi connectivity index (χ0n) is 11.0. The molecule has 1 aromatic rings. The molecular weight excluding hydrogens is 214 g/mol. The van der Waals surface area contributed by atoms with E-state index in [1.807, 2.05) is 58.0 Å². The molecule has 0 aliphatic heterocycles. The van der Waals surface area contributed by atoms with Gasteiger partial charge in [-0.3, -0.25) is 4.79 Å². The van der Waals surface area contributed by atoms with E-state index < -0.39 is 5.60 Å². The maximum absolute atomic E-state index is 11.6. The lowest BCUT2D eigenvalue weighted by molar-refractivity contribution is -0.154. The highest BCUT2D eigenvalue weighted by atomic mass is 16.6. The average Bonchev–Trinajstić information content (AvgIpc) is 2.15. The average molecular weight is 235 g/mol. The molecule has 1 rings (SSSR count). The van der Waals surface area contributed by atoms with Crippen LogP contribution in [0, 0.1) is 0 Å². The minimum atomic E-state index is -0.413. The Bertz CT molecular complexity index is 354. The Labute approximate surface area is 103 Å². The molecule has 3 heteroatoms. The highest BCUT2D eigenvalue weighted by Crippen LogP contribution is 2.12. The topological polar surface area (TPSA) is 38.3 Å². The van der Waals surface area contributed by atoms with E-state index in [4.69, 9.17) is 4.74 Å². The van der Waals surface area contributed by atoms with Crippen LogP contribution in [0.4, 0.5) is 5.69 Å². The van der Waals surface area contributed by atoms with E-state index in [0.29, 0.717) is 6.42 Å². The minimum Gasteiger partial charge on any atom is -0.460 e. The summed E-state index contributed by atoms with van der Waals surface area (Å²) in [5.41, 5.74) is 0.604. The van der Waals surface area contributed by atoms with Gasteiger partial charge in [0.15, 0.2) is 0 Å². The first-order valence-corrected chi connectivity index (χ1v) is 5.90. The second kappa shape index (κ2) is 5.71. The van der Waals surface area contributed by atoms with Crippen molar-refractivity contribution in [1.29, 1.82) is 0 Å². The Morgan fingerprint density at radius 3 is 2.41 bits per heavy atom. The number of hydrogen-bond acceptors (Lipinski definition) is 3. The van der Waals surface area contributed by atoms with Crippen LogP contribution in [0.15, 0.2) is 30.3 Å². The fourth-order valence-corrected chi connectivity index (χ4v) is 1.50. The molecule has 1 atom stereocenters. The van der Waals surface area contributed by atoms with Crippen molar-refractivity contribution in [2.75, 3.05) is 5.32 Å². The molecule has 0 amide bonds. The first-order chi connectivity index (χ1) is 7.87. The molecule has 0 spiro atoms. The highest BCUT2D eigenvalue weighted by molar-refractivity contribution is 5.71. The quantitative estimate of drug-likeness (QED) is 0.814. The van der Waals surface area contributed by atoms with Gasteiger partial charge in [0.1, 0.15) is 5.60 Å². The van der Waals surface area contributed by atoms with Crippen LogP contribution >= 0.6 is 0 Å². The third kappa shape index (κ3) is 5.95. The van der Waals surface area contributed by atoms with Gasteiger partial charge in [-0.15, -0.1) is 0 Å². The van der Waals surface area contributed by atoms with Gasteiger partial charge in [0.05, 0.1) is 6.42 Å². The molecule has 0 aliphatic rings. The molecule has 0 radical (unpaired) electrons. The van der Waals surface area contributed by atoms with Crippen LogP contribution in [0.3, 0.4) is 0 Å². The van der Waals surface area contributed by atoms with Crippen LogP contribution in [-0.4, -0.2) is 17.6 Å². The number of nitrogens with one attached hydrogen (secondary N) is 1. The SMILES string of the molecule is C[C@H](CC(=O)OC(C)(C)C)Nc1ccccc1. The van der Waals surface area contributed by atoms with E-state index >= 15 is 0 Å². The summed E-state index contributed by atoms with van der Waals surface area (Å²) in [7, 11) is 0. The van der Waals surface area contributed by atoms with Gasteiger partial charge in [-0.1, -0.05) is 18.2 Å². The Morgan fingerprint density at radius 2 is 1.88 bits per heavy atom. The van der Waals surface area contributed by atoms with Crippen LogP contribution in [0.1, 0.15) is 34.1 Å². The molecular formula is C14H21NO2. The molecule has 1 N–H and O–H groups in total. The van der Waals surface area contributed by atoms with E-state index in [2.05, 4.69) is 5.32 Å². The van der Waals surface area contributed by atoms with Crippen LogP contribution in [0.25, 0.3) is 0 Å². The Balaban J connectivity index is 2.40. The summed E-state index contributed by atoms with van der Waals surface area (Å²) in [6, 6.07) is 9.90. The number of rotatable bonds is 4. The first-order valence-electron chi connectivity index (χ1n) is 5.90. The summed E-state index contributed by atoms with van der Waals surface area (Å²) in [5.74, 6) is -0.173. The van der Waals surface area contributed by atoms with Gasteiger partial charge >= 0.3 is 5.97 Å². The van der Waals surface area contributed by atoms with Crippen molar-refractivity contribution in [3.8, 4) is 0 Å². The number of carbonyl (C=O) groups excluding carboxylic acids is 1. The summed E-state index contributed by atoms with van der Waals surface area (Å²) in [4.78, 5) is 11.6. The van der Waals surface area contributed by atoms with E-state index in [-0.39, 0.29) is 12.0 Å². The van der Waals surface area contributed by atoms with Crippen LogP contribution in [-0.2, 0) is 9.53 Å². The highest BCUT2D eigenvalue weighted by Gasteiger charge is 2.18. The van der Waals surface area contributed by atoms with Crippen molar-refractivity contribution in [1.82, 2.24) is 0 Å². The van der Waals surface area contributed by atoms with E-state index in [1.165, 1.54) is 0 Å². The van der Waals surface area contributed by atoms with Crippen molar-refractivity contribution in [3.05, 3.63) is 30.3 Å². The van der Waals surface area contributed by atoms with Gasteiger partial charge in [0.2, 0.25) is 0 Å². The molecule has 0 bridgehead atoms. The Hall–Kier alpha value is -1.51. The van der Waals surface area contributed by atoms with Crippen LogP contribution in [0.2, 0.25) is 0 Å². The summed E-state index contributed by atoms with van der Waals surface area (Å²) in [6.07, 6.45) is 0.367. The number of anilines is 1. The predicted octanol–water partition coefficient (Wildman–Crippen LogP) is 3.22. The number of hydrogen-bond donors (Lipinski definition) is 1. The summed E-state index contributed by atoms with van der Waals surface area (Å²) >= 11 is 0. The van der Waals surface area contributed by atoms with Crippen molar-refractivity contribution in [2.24, 2.45) is 0 Å².